The molecule has 1 aromatic carbocycles. The minimum atomic E-state index is 0.189. The quantitative estimate of drug-likeness (QED) is 0.708. The fourth-order valence-corrected chi connectivity index (χ4v) is 2.18. The van der Waals surface area contributed by atoms with E-state index in [-0.39, 0.29) is 12.6 Å². The monoisotopic (exact) mass is 251 g/mol. The molecule has 0 heterocycles. The number of ether oxygens (including phenoxy) is 1. The second-order valence-corrected chi connectivity index (χ2v) is 4.58. The second kappa shape index (κ2) is 9.09. The Morgan fingerprint density at radius 1 is 1.22 bits per heavy atom. The Balaban J connectivity index is 2.66. The molecule has 1 aromatic rings. The van der Waals surface area contributed by atoms with Gasteiger partial charge < -0.3 is 15.2 Å². The molecular formula is C15H25NO2. The summed E-state index contributed by atoms with van der Waals surface area (Å²) in [5.41, 5.74) is 1.30. The largest absolute Gasteiger partial charge is 0.396 e. The number of hydrogen-bond donors (Lipinski definition) is 2. The van der Waals surface area contributed by atoms with Crippen molar-refractivity contribution in [2.45, 2.75) is 38.3 Å². The number of nitrogens with one attached hydrogen (secondary N) is 1. The molecule has 102 valence electrons. The molecule has 0 saturated heterocycles. The van der Waals surface area contributed by atoms with Crippen molar-refractivity contribution < 1.29 is 9.84 Å². The van der Waals surface area contributed by atoms with Gasteiger partial charge in [0.2, 0.25) is 0 Å². The average Bonchev–Trinajstić information content (AvgIpc) is 2.40. The molecule has 0 bridgehead atoms. The molecular weight excluding hydrogens is 226 g/mol. The number of methoxy groups -OCH3 is 1. The van der Waals surface area contributed by atoms with Gasteiger partial charge in [-0.15, -0.1) is 0 Å². The first-order valence-corrected chi connectivity index (χ1v) is 6.72. The van der Waals surface area contributed by atoms with Crippen LogP contribution in [-0.4, -0.2) is 31.5 Å². The number of hydrogen-bond acceptors (Lipinski definition) is 3. The zero-order valence-corrected chi connectivity index (χ0v) is 11.4. The number of aliphatic hydroxyl groups excluding tert-OH is 1. The molecule has 18 heavy (non-hydrogen) atoms. The lowest BCUT2D eigenvalue weighted by molar-refractivity contribution is 0.141. The Morgan fingerprint density at radius 2 is 1.94 bits per heavy atom. The van der Waals surface area contributed by atoms with Crippen LogP contribution in [0.4, 0.5) is 0 Å². The molecule has 0 aliphatic heterocycles. The van der Waals surface area contributed by atoms with E-state index in [1.165, 1.54) is 5.56 Å². The Hall–Kier alpha value is -0.900. The first kappa shape index (κ1) is 15.2. The summed E-state index contributed by atoms with van der Waals surface area (Å²) >= 11 is 0. The molecule has 0 aliphatic rings. The van der Waals surface area contributed by atoms with Crippen molar-refractivity contribution in [1.82, 2.24) is 5.32 Å². The minimum Gasteiger partial charge on any atom is -0.396 e. The van der Waals surface area contributed by atoms with Crippen molar-refractivity contribution in [1.29, 1.82) is 0 Å². The van der Waals surface area contributed by atoms with Gasteiger partial charge in [-0.25, -0.2) is 0 Å². The van der Waals surface area contributed by atoms with E-state index in [9.17, 15) is 0 Å². The second-order valence-electron chi connectivity index (χ2n) is 4.58. The first-order valence-electron chi connectivity index (χ1n) is 6.72. The van der Waals surface area contributed by atoms with Crippen LogP contribution >= 0.6 is 0 Å². The Labute approximate surface area is 110 Å². The van der Waals surface area contributed by atoms with E-state index in [2.05, 4.69) is 36.5 Å². The molecule has 3 nitrogen and oxygen atoms in total. The van der Waals surface area contributed by atoms with Gasteiger partial charge in [0.1, 0.15) is 0 Å². The van der Waals surface area contributed by atoms with Crippen LogP contribution < -0.4 is 5.32 Å². The van der Waals surface area contributed by atoms with Gasteiger partial charge in [-0.1, -0.05) is 43.7 Å². The van der Waals surface area contributed by atoms with Gasteiger partial charge >= 0.3 is 0 Å². The zero-order chi connectivity index (χ0) is 13.2. The maximum atomic E-state index is 9.08. The molecule has 2 unspecified atom stereocenters. The maximum Gasteiger partial charge on any atom is 0.0616 e. The van der Waals surface area contributed by atoms with Crippen LogP contribution in [0.25, 0.3) is 0 Å². The van der Waals surface area contributed by atoms with E-state index in [1.54, 1.807) is 7.11 Å². The Bertz CT molecular complexity index is 297. The number of aliphatic hydroxyl groups is 1. The minimum absolute atomic E-state index is 0.189. The van der Waals surface area contributed by atoms with Crippen molar-refractivity contribution in [3.8, 4) is 0 Å². The van der Waals surface area contributed by atoms with E-state index in [4.69, 9.17) is 9.84 Å². The van der Waals surface area contributed by atoms with Crippen molar-refractivity contribution >= 4 is 0 Å². The van der Waals surface area contributed by atoms with Gasteiger partial charge in [-0.05, 0) is 18.4 Å². The average molecular weight is 251 g/mol. The van der Waals surface area contributed by atoms with Crippen LogP contribution in [0.1, 0.15) is 37.8 Å². The van der Waals surface area contributed by atoms with Crippen molar-refractivity contribution in [3.63, 3.8) is 0 Å². The van der Waals surface area contributed by atoms with E-state index in [1.807, 2.05) is 6.07 Å². The molecule has 0 saturated carbocycles. The Kier molecular flexibility index (Phi) is 7.65. The topological polar surface area (TPSA) is 41.5 Å². The summed E-state index contributed by atoms with van der Waals surface area (Å²) in [6.07, 6.45) is 2.95. The Morgan fingerprint density at radius 3 is 2.50 bits per heavy atom. The van der Waals surface area contributed by atoms with Crippen LogP contribution in [-0.2, 0) is 4.74 Å². The fraction of sp³-hybridized carbons (Fsp3) is 0.600. The molecule has 0 radical (unpaired) electrons. The predicted octanol–water partition coefficient (Wildman–Crippen LogP) is 2.51. The van der Waals surface area contributed by atoms with E-state index < -0.39 is 0 Å². The van der Waals surface area contributed by atoms with Crippen molar-refractivity contribution in [2.75, 3.05) is 20.3 Å². The van der Waals surface area contributed by atoms with Crippen LogP contribution in [0, 0.1) is 0 Å². The normalized spacial score (nSPS) is 14.4. The van der Waals surface area contributed by atoms with Gasteiger partial charge in [0.25, 0.3) is 0 Å². The van der Waals surface area contributed by atoms with Crippen LogP contribution in [0.3, 0.4) is 0 Å². The summed E-state index contributed by atoms with van der Waals surface area (Å²) in [6, 6.07) is 11.0. The van der Waals surface area contributed by atoms with Crippen LogP contribution in [0.2, 0.25) is 0 Å². The maximum absolute atomic E-state index is 9.08. The molecule has 2 atom stereocenters. The molecule has 0 fully saturated rings. The number of benzene rings is 1. The highest BCUT2D eigenvalue weighted by Gasteiger charge is 2.15. The molecule has 0 spiro atoms. The van der Waals surface area contributed by atoms with Crippen LogP contribution in [0.15, 0.2) is 30.3 Å². The van der Waals surface area contributed by atoms with Gasteiger partial charge in [0.05, 0.1) is 6.61 Å². The summed E-state index contributed by atoms with van der Waals surface area (Å²) in [6.45, 7) is 3.01. The van der Waals surface area contributed by atoms with E-state index in [0.29, 0.717) is 12.6 Å². The molecule has 0 aromatic heterocycles. The lowest BCUT2D eigenvalue weighted by atomic mass is 10.0. The molecule has 0 amide bonds. The third-order valence-electron chi connectivity index (χ3n) is 3.06. The summed E-state index contributed by atoms with van der Waals surface area (Å²) in [5.74, 6) is 0. The van der Waals surface area contributed by atoms with E-state index >= 15 is 0 Å². The fourth-order valence-electron chi connectivity index (χ4n) is 2.18. The highest BCUT2D eigenvalue weighted by Crippen LogP contribution is 2.19. The third kappa shape index (κ3) is 5.17. The third-order valence-corrected chi connectivity index (χ3v) is 3.06. The molecule has 2 N–H and O–H groups in total. The highest BCUT2D eigenvalue weighted by molar-refractivity contribution is 5.19. The number of rotatable bonds is 9. The first-order chi connectivity index (χ1) is 8.81. The lowest BCUT2D eigenvalue weighted by Crippen LogP contribution is -2.37. The standard InChI is InChI=1S/C15H25NO2/c1-3-7-15(13-8-5-4-6-9-13)16-14(10-11-17)12-18-2/h4-6,8-9,14-17H,3,7,10-12H2,1-2H3. The molecule has 0 aliphatic carbocycles. The van der Waals surface area contributed by atoms with Crippen molar-refractivity contribution in [2.24, 2.45) is 0 Å². The summed E-state index contributed by atoms with van der Waals surface area (Å²) in [5, 5.41) is 12.7. The molecule has 3 heteroatoms. The van der Waals surface area contributed by atoms with Gasteiger partial charge in [-0.2, -0.15) is 0 Å². The van der Waals surface area contributed by atoms with Crippen LogP contribution in [0.5, 0.6) is 0 Å². The summed E-state index contributed by atoms with van der Waals surface area (Å²) < 4.78 is 5.20. The van der Waals surface area contributed by atoms with E-state index in [0.717, 1.165) is 19.3 Å². The van der Waals surface area contributed by atoms with Crippen molar-refractivity contribution in [3.05, 3.63) is 35.9 Å². The van der Waals surface area contributed by atoms with Gasteiger partial charge in [-0.3, -0.25) is 0 Å². The van der Waals surface area contributed by atoms with Gasteiger partial charge in [0.15, 0.2) is 0 Å². The summed E-state index contributed by atoms with van der Waals surface area (Å²) in [4.78, 5) is 0. The molecule has 1 rings (SSSR count). The smallest absolute Gasteiger partial charge is 0.0616 e. The van der Waals surface area contributed by atoms with Gasteiger partial charge in [0, 0.05) is 25.8 Å². The lowest BCUT2D eigenvalue weighted by Gasteiger charge is -2.25. The zero-order valence-electron chi connectivity index (χ0n) is 11.4. The highest BCUT2D eigenvalue weighted by atomic mass is 16.5. The summed E-state index contributed by atoms with van der Waals surface area (Å²) in [7, 11) is 1.70. The SMILES string of the molecule is CCCC(NC(CCO)COC)c1ccccc1. The predicted molar refractivity (Wildman–Crippen MR) is 74.6 cm³/mol.